The summed E-state index contributed by atoms with van der Waals surface area (Å²) in [5.74, 6) is 0.705. The van der Waals surface area contributed by atoms with E-state index in [1.165, 1.54) is 0 Å². The Morgan fingerprint density at radius 3 is 2.57 bits per heavy atom. The number of carbonyl (C=O) groups excluding carboxylic acids is 1. The third kappa shape index (κ3) is 4.33. The van der Waals surface area contributed by atoms with Crippen LogP contribution >= 0.6 is 15.9 Å². The molecule has 0 atom stereocenters. The van der Waals surface area contributed by atoms with Gasteiger partial charge in [-0.3, -0.25) is 4.79 Å². The number of nitrogens with zero attached hydrogens (tertiary/aromatic N) is 1. The molecule has 2 aromatic carbocycles. The van der Waals surface area contributed by atoms with Gasteiger partial charge >= 0.3 is 0 Å². The minimum Gasteiger partial charge on any atom is -0.497 e. The van der Waals surface area contributed by atoms with Gasteiger partial charge in [-0.2, -0.15) is 0 Å². The van der Waals surface area contributed by atoms with E-state index in [1.54, 1.807) is 13.2 Å². The summed E-state index contributed by atoms with van der Waals surface area (Å²) in [6.07, 6.45) is 0. The Morgan fingerprint density at radius 2 is 1.90 bits per heavy atom. The van der Waals surface area contributed by atoms with Crippen molar-refractivity contribution in [2.24, 2.45) is 0 Å². The molecule has 2 aromatic rings. The molecule has 110 valence electrons. The Hall–Kier alpha value is -1.81. The summed E-state index contributed by atoms with van der Waals surface area (Å²) in [6.45, 7) is 1.26. The molecule has 0 aliphatic heterocycles. The van der Waals surface area contributed by atoms with Gasteiger partial charge in [-0.1, -0.05) is 52.3 Å². The van der Waals surface area contributed by atoms with Crippen molar-refractivity contribution in [3.63, 3.8) is 0 Å². The topological polar surface area (TPSA) is 29.5 Å². The molecule has 0 heterocycles. The predicted octanol–water partition coefficient (Wildman–Crippen LogP) is 3.73. The van der Waals surface area contributed by atoms with Crippen LogP contribution in [-0.2, 0) is 6.54 Å². The van der Waals surface area contributed by atoms with Gasteiger partial charge in [0.15, 0.2) is 0 Å². The molecule has 0 bridgehead atoms. The molecule has 0 saturated carbocycles. The molecule has 0 radical (unpaired) electrons. The Labute approximate surface area is 133 Å². The van der Waals surface area contributed by atoms with Crippen molar-refractivity contribution in [2.45, 2.75) is 6.54 Å². The molecule has 0 fully saturated rings. The predicted molar refractivity (Wildman–Crippen MR) is 88.0 cm³/mol. The second-order valence-electron chi connectivity index (χ2n) is 4.63. The third-order valence-electron chi connectivity index (χ3n) is 3.17. The zero-order valence-corrected chi connectivity index (χ0v) is 13.5. The monoisotopic (exact) mass is 347 g/mol. The number of benzene rings is 2. The van der Waals surface area contributed by atoms with E-state index in [0.717, 1.165) is 10.9 Å². The van der Waals surface area contributed by atoms with E-state index in [2.05, 4.69) is 15.9 Å². The number of carbonyl (C=O) groups is 1. The summed E-state index contributed by atoms with van der Waals surface area (Å²) < 4.78 is 5.18. The van der Waals surface area contributed by atoms with Crippen LogP contribution in [0.4, 0.5) is 0 Å². The molecule has 0 unspecified atom stereocenters. The van der Waals surface area contributed by atoms with E-state index in [9.17, 15) is 4.79 Å². The highest BCUT2D eigenvalue weighted by molar-refractivity contribution is 9.09. The first-order valence-corrected chi connectivity index (χ1v) is 7.90. The highest BCUT2D eigenvalue weighted by Gasteiger charge is 2.16. The Balaban J connectivity index is 2.18. The summed E-state index contributed by atoms with van der Waals surface area (Å²) in [5, 5.41) is 0.746. The van der Waals surface area contributed by atoms with E-state index in [1.807, 2.05) is 53.4 Å². The number of methoxy groups -OCH3 is 1. The zero-order valence-electron chi connectivity index (χ0n) is 12.0. The van der Waals surface area contributed by atoms with Crippen molar-refractivity contribution in [1.82, 2.24) is 4.90 Å². The molecule has 0 N–H and O–H groups in total. The van der Waals surface area contributed by atoms with E-state index < -0.39 is 0 Å². The fourth-order valence-corrected chi connectivity index (χ4v) is 2.52. The van der Waals surface area contributed by atoms with Crippen molar-refractivity contribution in [1.29, 1.82) is 0 Å². The number of alkyl halides is 1. The van der Waals surface area contributed by atoms with Gasteiger partial charge in [0.1, 0.15) is 5.75 Å². The smallest absolute Gasteiger partial charge is 0.254 e. The molecular formula is C17H18BrNO2. The Bertz CT molecular complexity index is 586. The number of hydrogen-bond donors (Lipinski definition) is 0. The van der Waals surface area contributed by atoms with E-state index in [4.69, 9.17) is 4.74 Å². The average Bonchev–Trinajstić information content (AvgIpc) is 2.55. The Morgan fingerprint density at radius 1 is 1.14 bits per heavy atom. The fourth-order valence-electron chi connectivity index (χ4n) is 2.10. The van der Waals surface area contributed by atoms with Crippen LogP contribution in [0.25, 0.3) is 0 Å². The van der Waals surface area contributed by atoms with Crippen LogP contribution in [0.15, 0.2) is 54.6 Å². The zero-order chi connectivity index (χ0) is 15.1. The molecule has 1 amide bonds. The van der Waals surface area contributed by atoms with Gasteiger partial charge in [-0.25, -0.2) is 0 Å². The molecule has 3 nitrogen and oxygen atoms in total. The number of rotatable bonds is 6. The van der Waals surface area contributed by atoms with Crippen molar-refractivity contribution in [3.8, 4) is 5.75 Å². The summed E-state index contributed by atoms with van der Waals surface area (Å²) in [5.41, 5.74) is 1.76. The second-order valence-corrected chi connectivity index (χ2v) is 5.43. The summed E-state index contributed by atoms with van der Waals surface area (Å²) >= 11 is 3.41. The first-order chi connectivity index (χ1) is 10.2. The minimum absolute atomic E-state index is 0.0113. The molecule has 0 saturated heterocycles. The van der Waals surface area contributed by atoms with E-state index in [-0.39, 0.29) is 5.91 Å². The molecule has 0 aromatic heterocycles. The van der Waals surface area contributed by atoms with Gasteiger partial charge < -0.3 is 9.64 Å². The van der Waals surface area contributed by atoms with Crippen LogP contribution < -0.4 is 4.74 Å². The first kappa shape index (κ1) is 15.6. The number of hydrogen-bond acceptors (Lipinski definition) is 2. The maximum absolute atomic E-state index is 12.7. The third-order valence-corrected chi connectivity index (χ3v) is 3.53. The van der Waals surface area contributed by atoms with E-state index >= 15 is 0 Å². The average molecular weight is 348 g/mol. The molecular weight excluding hydrogens is 330 g/mol. The standard InChI is InChI=1S/C17H18BrNO2/c1-21-16-9-5-8-15(12-16)17(20)19(11-10-18)13-14-6-3-2-4-7-14/h2-9,12H,10-11,13H2,1H3. The molecule has 21 heavy (non-hydrogen) atoms. The van der Waals surface area contributed by atoms with Crippen LogP contribution in [0, 0.1) is 0 Å². The quantitative estimate of drug-likeness (QED) is 0.745. The number of amides is 1. The van der Waals surface area contributed by atoms with Crippen molar-refractivity contribution in [3.05, 3.63) is 65.7 Å². The minimum atomic E-state index is 0.0113. The van der Waals surface area contributed by atoms with Gasteiger partial charge in [-0.15, -0.1) is 0 Å². The Kier molecular flexibility index (Phi) is 5.81. The molecule has 0 aliphatic carbocycles. The maximum Gasteiger partial charge on any atom is 0.254 e. The lowest BCUT2D eigenvalue weighted by molar-refractivity contribution is 0.0754. The highest BCUT2D eigenvalue weighted by atomic mass is 79.9. The van der Waals surface area contributed by atoms with Gasteiger partial charge in [0.05, 0.1) is 7.11 Å². The van der Waals surface area contributed by atoms with Crippen LogP contribution in [0.2, 0.25) is 0 Å². The number of ether oxygens (including phenoxy) is 1. The van der Waals surface area contributed by atoms with Crippen molar-refractivity contribution < 1.29 is 9.53 Å². The lowest BCUT2D eigenvalue weighted by Crippen LogP contribution is -2.32. The van der Waals surface area contributed by atoms with Crippen LogP contribution in [0.1, 0.15) is 15.9 Å². The van der Waals surface area contributed by atoms with Gasteiger partial charge in [0.2, 0.25) is 0 Å². The van der Waals surface area contributed by atoms with Crippen molar-refractivity contribution in [2.75, 3.05) is 19.0 Å². The van der Waals surface area contributed by atoms with Crippen LogP contribution in [0.5, 0.6) is 5.75 Å². The fraction of sp³-hybridized carbons (Fsp3) is 0.235. The van der Waals surface area contributed by atoms with Gasteiger partial charge in [-0.05, 0) is 23.8 Å². The van der Waals surface area contributed by atoms with Crippen LogP contribution in [0.3, 0.4) is 0 Å². The maximum atomic E-state index is 12.7. The van der Waals surface area contributed by atoms with Gasteiger partial charge in [0, 0.05) is 24.0 Å². The van der Waals surface area contributed by atoms with Gasteiger partial charge in [0.25, 0.3) is 5.91 Å². The summed E-state index contributed by atoms with van der Waals surface area (Å²) in [4.78, 5) is 14.5. The molecule has 0 aliphatic rings. The normalized spacial score (nSPS) is 10.2. The molecule has 2 rings (SSSR count). The lowest BCUT2D eigenvalue weighted by atomic mass is 10.1. The first-order valence-electron chi connectivity index (χ1n) is 6.78. The van der Waals surface area contributed by atoms with E-state index in [0.29, 0.717) is 24.4 Å². The largest absolute Gasteiger partial charge is 0.497 e. The summed E-state index contributed by atoms with van der Waals surface area (Å²) in [7, 11) is 1.60. The second kappa shape index (κ2) is 7.84. The highest BCUT2D eigenvalue weighted by Crippen LogP contribution is 2.16. The summed E-state index contributed by atoms with van der Waals surface area (Å²) in [6, 6.07) is 17.3. The SMILES string of the molecule is COc1cccc(C(=O)N(CCBr)Cc2ccccc2)c1. The van der Waals surface area contributed by atoms with Crippen LogP contribution in [-0.4, -0.2) is 29.8 Å². The molecule has 0 spiro atoms. The lowest BCUT2D eigenvalue weighted by Gasteiger charge is -2.22. The van der Waals surface area contributed by atoms with Crippen molar-refractivity contribution >= 4 is 21.8 Å². The molecule has 4 heteroatoms. The number of halogens is 1.